The number of aromatic nitrogens is 3. The maximum absolute atomic E-state index is 13.5. The summed E-state index contributed by atoms with van der Waals surface area (Å²) < 4.78 is 45.8. The third-order valence-electron chi connectivity index (χ3n) is 4.14. The number of nitrogen functional groups attached to an aromatic ring is 1. The van der Waals surface area contributed by atoms with Gasteiger partial charge in [-0.15, -0.1) is 0 Å². The van der Waals surface area contributed by atoms with Crippen LogP contribution in [0.2, 0.25) is 0 Å². The van der Waals surface area contributed by atoms with E-state index in [9.17, 15) is 18.3 Å². The number of anilines is 2. The highest BCUT2D eigenvalue weighted by atomic mass is 19.4. The summed E-state index contributed by atoms with van der Waals surface area (Å²) in [5.74, 6) is -0.00544. The maximum Gasteiger partial charge on any atom is 0.417 e. The van der Waals surface area contributed by atoms with Crippen LogP contribution in [0, 0.1) is 0 Å². The van der Waals surface area contributed by atoms with Crippen LogP contribution in [0.1, 0.15) is 25.1 Å². The van der Waals surface area contributed by atoms with Crippen LogP contribution >= 0.6 is 0 Å². The molecule has 2 aromatic heterocycles. The molecule has 7 nitrogen and oxygen atoms in total. The highest BCUT2D eigenvalue weighted by Crippen LogP contribution is 2.38. The summed E-state index contributed by atoms with van der Waals surface area (Å²) >= 11 is 0. The Bertz CT molecular complexity index is 830. The van der Waals surface area contributed by atoms with Gasteiger partial charge in [0.25, 0.3) is 0 Å². The van der Waals surface area contributed by atoms with Crippen LogP contribution < -0.4 is 10.6 Å². The Balaban J connectivity index is 2.18. The topological polar surface area (TPSA) is 97.4 Å². The van der Waals surface area contributed by atoms with Gasteiger partial charge in [0.05, 0.1) is 30.2 Å². The number of rotatable bonds is 3. The number of nitrogens with zero attached hydrogens (tertiary/aromatic N) is 4. The van der Waals surface area contributed by atoms with Crippen LogP contribution in [-0.4, -0.2) is 46.4 Å². The second-order valence-corrected chi connectivity index (χ2v) is 6.75. The van der Waals surface area contributed by atoms with E-state index >= 15 is 0 Å². The average molecular weight is 383 g/mol. The third-order valence-corrected chi connectivity index (χ3v) is 4.14. The monoisotopic (exact) mass is 383 g/mol. The smallest absolute Gasteiger partial charge is 0.384 e. The summed E-state index contributed by atoms with van der Waals surface area (Å²) in [6, 6.07) is 2.11. The van der Waals surface area contributed by atoms with Crippen molar-refractivity contribution in [1.29, 1.82) is 0 Å². The van der Waals surface area contributed by atoms with Crippen molar-refractivity contribution in [3.8, 4) is 11.3 Å². The van der Waals surface area contributed by atoms with Crippen LogP contribution in [0.3, 0.4) is 0 Å². The third kappa shape index (κ3) is 4.28. The second kappa shape index (κ2) is 6.93. The van der Waals surface area contributed by atoms with Crippen molar-refractivity contribution in [3.63, 3.8) is 0 Å². The number of hydrogen-bond acceptors (Lipinski definition) is 7. The molecule has 3 N–H and O–H groups in total. The van der Waals surface area contributed by atoms with Gasteiger partial charge >= 0.3 is 6.18 Å². The first-order valence-electron chi connectivity index (χ1n) is 8.33. The lowest BCUT2D eigenvalue weighted by atomic mass is 10.0. The second-order valence-electron chi connectivity index (χ2n) is 6.75. The van der Waals surface area contributed by atoms with Crippen molar-refractivity contribution < 1.29 is 23.0 Å². The number of morpholine rings is 1. The number of aliphatic hydroxyl groups is 1. The molecular formula is C17H20F3N5O2. The summed E-state index contributed by atoms with van der Waals surface area (Å²) in [6.45, 7) is 4.94. The molecule has 0 spiro atoms. The minimum Gasteiger partial charge on any atom is -0.384 e. The van der Waals surface area contributed by atoms with Gasteiger partial charge in [0.1, 0.15) is 11.4 Å². The lowest BCUT2D eigenvalue weighted by Crippen LogP contribution is -2.38. The molecule has 27 heavy (non-hydrogen) atoms. The number of nitrogens with two attached hydrogens (primary N) is 1. The Labute approximate surface area is 154 Å². The van der Waals surface area contributed by atoms with E-state index < -0.39 is 17.3 Å². The van der Waals surface area contributed by atoms with Crippen molar-refractivity contribution in [3.05, 3.63) is 29.6 Å². The maximum atomic E-state index is 13.5. The van der Waals surface area contributed by atoms with Gasteiger partial charge in [-0.1, -0.05) is 0 Å². The summed E-state index contributed by atoms with van der Waals surface area (Å²) in [4.78, 5) is 14.2. The lowest BCUT2D eigenvalue weighted by Gasteiger charge is -2.28. The van der Waals surface area contributed by atoms with Crippen LogP contribution in [0.25, 0.3) is 11.3 Å². The van der Waals surface area contributed by atoms with Gasteiger partial charge in [0.2, 0.25) is 5.95 Å². The van der Waals surface area contributed by atoms with Gasteiger partial charge in [-0.25, -0.2) is 15.0 Å². The van der Waals surface area contributed by atoms with Crippen LogP contribution in [-0.2, 0) is 16.5 Å². The van der Waals surface area contributed by atoms with Crippen molar-refractivity contribution >= 4 is 11.8 Å². The Morgan fingerprint density at radius 2 is 1.81 bits per heavy atom. The van der Waals surface area contributed by atoms with E-state index in [0.717, 1.165) is 12.3 Å². The predicted octanol–water partition coefficient (Wildman–Crippen LogP) is 2.20. The molecule has 146 valence electrons. The van der Waals surface area contributed by atoms with E-state index in [1.165, 1.54) is 19.9 Å². The van der Waals surface area contributed by atoms with E-state index in [1.807, 2.05) is 0 Å². The zero-order chi connectivity index (χ0) is 19.8. The summed E-state index contributed by atoms with van der Waals surface area (Å²) in [6.07, 6.45) is -3.59. The Kier molecular flexibility index (Phi) is 4.96. The van der Waals surface area contributed by atoms with E-state index in [2.05, 4.69) is 15.0 Å². The summed E-state index contributed by atoms with van der Waals surface area (Å²) in [7, 11) is 0. The molecule has 10 heteroatoms. The molecule has 1 aliphatic rings. The molecule has 1 fully saturated rings. The fraction of sp³-hybridized carbons (Fsp3) is 0.471. The standard InChI is InChI=1S/C17H20F3N5O2/c1-16(2,26)13-8-12(23-15(24-13)25-3-5-27-6-4-25)10-9-22-14(21)7-11(10)17(18,19)20/h7-9,26H,3-6H2,1-2H3,(H2,21,22). The molecule has 1 saturated heterocycles. The van der Waals surface area contributed by atoms with Gasteiger partial charge in [0, 0.05) is 24.8 Å². The van der Waals surface area contributed by atoms with Crippen LogP contribution in [0.15, 0.2) is 18.3 Å². The molecule has 0 unspecified atom stereocenters. The average Bonchev–Trinajstić information content (AvgIpc) is 2.60. The van der Waals surface area contributed by atoms with Crippen LogP contribution in [0.5, 0.6) is 0 Å². The highest BCUT2D eigenvalue weighted by molar-refractivity contribution is 5.67. The van der Waals surface area contributed by atoms with Crippen molar-refractivity contribution in [1.82, 2.24) is 15.0 Å². The van der Waals surface area contributed by atoms with Gasteiger partial charge in [-0.3, -0.25) is 0 Å². The molecule has 0 amide bonds. The molecule has 0 atom stereocenters. The van der Waals surface area contributed by atoms with Crippen molar-refractivity contribution in [2.75, 3.05) is 36.9 Å². The quantitative estimate of drug-likeness (QED) is 0.839. The van der Waals surface area contributed by atoms with Crippen molar-refractivity contribution in [2.24, 2.45) is 0 Å². The largest absolute Gasteiger partial charge is 0.417 e. The number of ether oxygens (including phenoxy) is 1. The zero-order valence-corrected chi connectivity index (χ0v) is 14.9. The fourth-order valence-corrected chi connectivity index (χ4v) is 2.70. The van der Waals surface area contributed by atoms with Gasteiger partial charge in [-0.05, 0) is 26.0 Å². The number of halogens is 3. The Morgan fingerprint density at radius 3 is 2.41 bits per heavy atom. The summed E-state index contributed by atoms with van der Waals surface area (Å²) in [5.41, 5.74) is 3.14. The van der Waals surface area contributed by atoms with Crippen LogP contribution in [0.4, 0.5) is 24.9 Å². The first-order chi connectivity index (χ1) is 12.6. The Hall–Kier alpha value is -2.46. The first kappa shape index (κ1) is 19.3. The predicted molar refractivity (Wildman–Crippen MR) is 93.0 cm³/mol. The molecule has 0 saturated carbocycles. The molecular weight excluding hydrogens is 363 g/mol. The minimum atomic E-state index is -4.63. The van der Waals surface area contributed by atoms with E-state index in [0.29, 0.717) is 26.3 Å². The molecule has 3 rings (SSSR count). The Morgan fingerprint density at radius 1 is 1.15 bits per heavy atom. The number of hydrogen-bond donors (Lipinski definition) is 2. The number of alkyl halides is 3. The lowest BCUT2D eigenvalue weighted by molar-refractivity contribution is -0.137. The zero-order valence-electron chi connectivity index (χ0n) is 14.9. The molecule has 0 aromatic carbocycles. The fourth-order valence-electron chi connectivity index (χ4n) is 2.70. The molecule has 0 bridgehead atoms. The van der Waals surface area contributed by atoms with E-state index in [1.54, 1.807) is 4.90 Å². The minimum absolute atomic E-state index is 0.0171. The first-order valence-corrected chi connectivity index (χ1v) is 8.33. The molecule has 0 radical (unpaired) electrons. The molecule has 0 aliphatic carbocycles. The van der Waals surface area contributed by atoms with Gasteiger partial charge in [-0.2, -0.15) is 13.2 Å². The van der Waals surface area contributed by atoms with E-state index in [-0.39, 0.29) is 28.7 Å². The summed E-state index contributed by atoms with van der Waals surface area (Å²) in [5, 5.41) is 10.4. The van der Waals surface area contributed by atoms with Crippen molar-refractivity contribution in [2.45, 2.75) is 25.6 Å². The number of pyridine rings is 1. The normalized spacial score (nSPS) is 15.9. The van der Waals surface area contributed by atoms with Gasteiger partial charge in [0.15, 0.2) is 0 Å². The molecule has 2 aromatic rings. The molecule has 3 heterocycles. The SMILES string of the molecule is CC(C)(O)c1cc(-c2cnc(N)cc2C(F)(F)F)nc(N2CCOCC2)n1. The van der Waals surface area contributed by atoms with Gasteiger partial charge < -0.3 is 20.5 Å². The van der Waals surface area contributed by atoms with E-state index in [4.69, 9.17) is 10.5 Å². The highest BCUT2D eigenvalue weighted by Gasteiger charge is 2.35. The molecule has 1 aliphatic heterocycles.